The Morgan fingerprint density at radius 2 is 2.13 bits per heavy atom. The molecule has 0 aliphatic rings. The highest BCUT2D eigenvalue weighted by molar-refractivity contribution is 6.00. The first kappa shape index (κ1) is 19.2. The van der Waals surface area contributed by atoms with Gasteiger partial charge >= 0.3 is 6.03 Å². The van der Waals surface area contributed by atoms with Gasteiger partial charge in [0.2, 0.25) is 0 Å². The molecular formula is C18H16FN9O2. The molecule has 4 aromatic rings. The van der Waals surface area contributed by atoms with Crippen molar-refractivity contribution in [1.82, 2.24) is 29.2 Å². The SMILES string of the molecule is CO[C@@H](C)c1c(NC(=O)Nc2cc(F)c3nc(C)nn3c2)cnc2cc(C#N)nn12. The van der Waals surface area contributed by atoms with Gasteiger partial charge in [-0.25, -0.2) is 28.2 Å². The van der Waals surface area contributed by atoms with Crippen LogP contribution in [0.5, 0.6) is 0 Å². The highest BCUT2D eigenvalue weighted by atomic mass is 19.1. The number of hydrogen-bond donors (Lipinski definition) is 2. The van der Waals surface area contributed by atoms with Crippen molar-refractivity contribution in [2.75, 3.05) is 17.7 Å². The van der Waals surface area contributed by atoms with Crippen LogP contribution in [0.1, 0.15) is 30.2 Å². The molecule has 0 saturated heterocycles. The van der Waals surface area contributed by atoms with E-state index in [4.69, 9.17) is 10.00 Å². The molecule has 0 saturated carbocycles. The Balaban J connectivity index is 1.65. The number of aryl methyl sites for hydroxylation is 1. The number of ether oxygens (including phenoxy) is 1. The maximum atomic E-state index is 14.2. The van der Waals surface area contributed by atoms with Crippen LogP contribution in [0.4, 0.5) is 20.6 Å². The first-order chi connectivity index (χ1) is 14.4. The Kier molecular flexibility index (Phi) is 4.72. The molecule has 152 valence electrons. The van der Waals surface area contributed by atoms with E-state index in [0.29, 0.717) is 22.9 Å². The molecule has 30 heavy (non-hydrogen) atoms. The Morgan fingerprint density at radius 1 is 1.33 bits per heavy atom. The minimum atomic E-state index is -0.635. The molecule has 11 nitrogen and oxygen atoms in total. The fourth-order valence-corrected chi connectivity index (χ4v) is 3.01. The number of aromatic nitrogens is 6. The number of nitrogens with one attached hydrogen (secondary N) is 2. The molecule has 0 aromatic carbocycles. The number of carbonyl (C=O) groups is 1. The lowest BCUT2D eigenvalue weighted by Crippen LogP contribution is -2.22. The van der Waals surface area contributed by atoms with E-state index in [-0.39, 0.29) is 17.0 Å². The second-order valence-corrected chi connectivity index (χ2v) is 6.43. The minimum Gasteiger partial charge on any atom is -0.375 e. The lowest BCUT2D eigenvalue weighted by Gasteiger charge is -2.17. The number of carbonyl (C=O) groups excluding carboxylic acids is 1. The second kappa shape index (κ2) is 7.37. The van der Waals surface area contributed by atoms with Crippen LogP contribution in [-0.2, 0) is 4.74 Å². The number of nitriles is 1. The van der Waals surface area contributed by atoms with Gasteiger partial charge in [0.25, 0.3) is 0 Å². The van der Waals surface area contributed by atoms with E-state index in [2.05, 4.69) is 30.8 Å². The predicted octanol–water partition coefficient (Wildman–Crippen LogP) is 2.44. The van der Waals surface area contributed by atoms with Crippen molar-refractivity contribution in [1.29, 1.82) is 5.26 Å². The monoisotopic (exact) mass is 409 g/mol. The molecule has 2 N–H and O–H groups in total. The fourth-order valence-electron chi connectivity index (χ4n) is 3.01. The Labute approximate surface area is 169 Å². The van der Waals surface area contributed by atoms with Crippen molar-refractivity contribution in [3.8, 4) is 6.07 Å². The van der Waals surface area contributed by atoms with Crippen LogP contribution >= 0.6 is 0 Å². The summed E-state index contributed by atoms with van der Waals surface area (Å²) in [4.78, 5) is 20.7. The molecule has 0 aliphatic heterocycles. The van der Waals surface area contributed by atoms with Gasteiger partial charge < -0.3 is 15.4 Å². The van der Waals surface area contributed by atoms with Gasteiger partial charge in [-0.3, -0.25) is 0 Å². The van der Waals surface area contributed by atoms with E-state index in [1.807, 2.05) is 6.07 Å². The number of hydrogen-bond acceptors (Lipinski definition) is 7. The molecule has 12 heteroatoms. The van der Waals surface area contributed by atoms with E-state index in [1.165, 1.54) is 34.6 Å². The minimum absolute atomic E-state index is 0.0660. The third-order valence-corrected chi connectivity index (χ3v) is 4.37. The number of rotatable bonds is 4. The first-order valence-electron chi connectivity index (χ1n) is 8.81. The van der Waals surface area contributed by atoms with Crippen LogP contribution in [-0.4, -0.2) is 42.3 Å². The number of amides is 2. The molecule has 0 fully saturated rings. The third kappa shape index (κ3) is 3.38. The summed E-state index contributed by atoms with van der Waals surface area (Å²) in [6.07, 6.45) is 2.42. The fraction of sp³-hybridized carbons (Fsp3) is 0.222. The summed E-state index contributed by atoms with van der Waals surface area (Å²) in [6.45, 7) is 3.41. The van der Waals surface area contributed by atoms with Gasteiger partial charge in [-0.15, -0.1) is 0 Å². The molecule has 4 rings (SSSR count). The number of halogens is 1. The second-order valence-electron chi connectivity index (χ2n) is 6.43. The lowest BCUT2D eigenvalue weighted by atomic mass is 10.2. The number of pyridine rings is 1. The van der Waals surface area contributed by atoms with E-state index < -0.39 is 18.0 Å². The van der Waals surface area contributed by atoms with Gasteiger partial charge in [-0.1, -0.05) is 0 Å². The number of fused-ring (bicyclic) bond motifs is 2. The number of urea groups is 1. The Bertz CT molecular complexity index is 1320. The Morgan fingerprint density at radius 3 is 2.87 bits per heavy atom. The van der Waals surface area contributed by atoms with Crippen LogP contribution in [0.2, 0.25) is 0 Å². The summed E-state index contributed by atoms with van der Waals surface area (Å²) < 4.78 is 22.3. The van der Waals surface area contributed by atoms with Gasteiger partial charge in [-0.05, 0) is 13.8 Å². The van der Waals surface area contributed by atoms with E-state index in [0.717, 1.165) is 6.07 Å². The van der Waals surface area contributed by atoms with Crippen LogP contribution in [0.25, 0.3) is 11.3 Å². The molecule has 0 spiro atoms. The Hall–Kier alpha value is -4.11. The molecule has 0 unspecified atom stereocenters. The van der Waals surface area contributed by atoms with Gasteiger partial charge in [0.1, 0.15) is 11.9 Å². The summed E-state index contributed by atoms with van der Waals surface area (Å²) in [5.74, 6) is -0.213. The normalized spacial score (nSPS) is 12.1. The summed E-state index contributed by atoms with van der Waals surface area (Å²) in [7, 11) is 1.51. The van der Waals surface area contributed by atoms with Crippen molar-refractivity contribution in [2.24, 2.45) is 0 Å². The molecule has 0 bridgehead atoms. The summed E-state index contributed by atoms with van der Waals surface area (Å²) in [5.41, 5.74) is 1.68. The summed E-state index contributed by atoms with van der Waals surface area (Å²) in [5, 5.41) is 22.5. The highest BCUT2D eigenvalue weighted by Crippen LogP contribution is 2.26. The number of anilines is 2. The average molecular weight is 409 g/mol. The lowest BCUT2D eigenvalue weighted by molar-refractivity contribution is 0.114. The predicted molar refractivity (Wildman–Crippen MR) is 103 cm³/mol. The van der Waals surface area contributed by atoms with Gasteiger partial charge in [0.05, 0.1) is 35.6 Å². The van der Waals surface area contributed by atoms with E-state index in [1.54, 1.807) is 13.8 Å². The molecular weight excluding hydrogens is 393 g/mol. The van der Waals surface area contributed by atoms with Crippen molar-refractivity contribution >= 4 is 28.7 Å². The van der Waals surface area contributed by atoms with Gasteiger partial charge in [-0.2, -0.15) is 15.5 Å². The van der Waals surface area contributed by atoms with Crippen molar-refractivity contribution < 1.29 is 13.9 Å². The van der Waals surface area contributed by atoms with E-state index >= 15 is 0 Å². The van der Waals surface area contributed by atoms with Crippen molar-refractivity contribution in [3.05, 3.63) is 47.6 Å². The average Bonchev–Trinajstić information content (AvgIpc) is 3.29. The summed E-state index contributed by atoms with van der Waals surface area (Å²) >= 11 is 0. The smallest absolute Gasteiger partial charge is 0.323 e. The van der Waals surface area contributed by atoms with Crippen molar-refractivity contribution in [2.45, 2.75) is 20.0 Å². The quantitative estimate of drug-likeness (QED) is 0.528. The molecule has 0 radical (unpaired) electrons. The van der Waals surface area contributed by atoms with Gasteiger partial charge in [0.15, 0.2) is 22.8 Å². The zero-order valence-electron chi connectivity index (χ0n) is 16.2. The number of nitrogens with zero attached hydrogens (tertiary/aromatic N) is 7. The molecule has 0 aliphatic carbocycles. The van der Waals surface area contributed by atoms with Crippen LogP contribution in [0, 0.1) is 24.1 Å². The largest absolute Gasteiger partial charge is 0.375 e. The molecule has 1 atom stereocenters. The zero-order valence-corrected chi connectivity index (χ0v) is 16.2. The maximum Gasteiger partial charge on any atom is 0.323 e. The third-order valence-electron chi connectivity index (χ3n) is 4.37. The molecule has 4 aromatic heterocycles. The number of methoxy groups -OCH3 is 1. The summed E-state index contributed by atoms with van der Waals surface area (Å²) in [6, 6.07) is 3.99. The highest BCUT2D eigenvalue weighted by Gasteiger charge is 2.19. The standard InChI is InChI=1S/C18H16FN9O2/c1-9(30-3)16-14(7-21-15-5-11(6-20)26-28(15)16)24-18(29)23-12-4-13(19)17-22-10(2)25-27(17)8-12/h4-5,7-9H,1-3H3,(H2,23,24,29)/t9-/m0/s1. The van der Waals surface area contributed by atoms with E-state index in [9.17, 15) is 9.18 Å². The maximum absolute atomic E-state index is 14.2. The first-order valence-corrected chi connectivity index (χ1v) is 8.81. The topological polar surface area (TPSA) is 135 Å². The van der Waals surface area contributed by atoms with Crippen LogP contribution in [0.15, 0.2) is 24.5 Å². The zero-order chi connectivity index (χ0) is 21.4. The molecule has 4 heterocycles. The van der Waals surface area contributed by atoms with Crippen molar-refractivity contribution in [3.63, 3.8) is 0 Å². The van der Waals surface area contributed by atoms with Crippen LogP contribution < -0.4 is 10.6 Å². The molecule has 2 amide bonds. The van der Waals surface area contributed by atoms with Crippen LogP contribution in [0.3, 0.4) is 0 Å². The van der Waals surface area contributed by atoms with Gasteiger partial charge in [0, 0.05) is 19.2 Å².